The van der Waals surface area contributed by atoms with Crippen LogP contribution >= 0.6 is 0 Å². The first-order chi connectivity index (χ1) is 19.2. The first-order valence-electron chi connectivity index (χ1n) is 14.0. The van der Waals surface area contributed by atoms with Gasteiger partial charge in [0.2, 0.25) is 5.91 Å². The van der Waals surface area contributed by atoms with Crippen LogP contribution in [0.25, 0.3) is 0 Å². The van der Waals surface area contributed by atoms with Gasteiger partial charge in [-0.05, 0) is 85.5 Å². The number of anilines is 1. The Hall–Kier alpha value is -3.84. The lowest BCUT2D eigenvalue weighted by atomic mass is 9.98. The van der Waals surface area contributed by atoms with Crippen LogP contribution in [-0.4, -0.2) is 23.6 Å². The van der Waals surface area contributed by atoms with Gasteiger partial charge in [-0.3, -0.25) is 14.8 Å². The van der Waals surface area contributed by atoms with E-state index in [-0.39, 0.29) is 25.0 Å². The number of ether oxygens (including phenoxy) is 2. The monoisotopic (exact) mass is 546 g/mol. The number of amides is 2. The number of carbonyl (C=O) groups is 2. The molecule has 0 saturated carbocycles. The van der Waals surface area contributed by atoms with E-state index in [1.807, 2.05) is 26.0 Å². The summed E-state index contributed by atoms with van der Waals surface area (Å²) in [4.78, 5) is 24.4. The fraction of sp³-hybridized carbons (Fsp3) is 0.394. The van der Waals surface area contributed by atoms with Gasteiger partial charge in [0.05, 0.1) is 12.2 Å². The molecule has 0 bridgehead atoms. The van der Waals surface area contributed by atoms with Crippen LogP contribution in [0, 0.1) is 19.8 Å². The zero-order valence-corrected chi connectivity index (χ0v) is 24.3. The molecule has 0 fully saturated rings. The van der Waals surface area contributed by atoms with E-state index in [0.717, 1.165) is 41.7 Å². The first-order valence-corrected chi connectivity index (χ1v) is 14.0. The topological polar surface area (TPSA) is 96.9 Å². The van der Waals surface area contributed by atoms with E-state index in [4.69, 9.17) is 14.7 Å². The number of nitrogens with one attached hydrogen (secondary N) is 2. The van der Waals surface area contributed by atoms with Gasteiger partial charge < -0.3 is 14.8 Å². The largest absolute Gasteiger partial charge is 0.493 e. The van der Waals surface area contributed by atoms with Crippen molar-refractivity contribution in [1.29, 1.82) is 0 Å². The van der Waals surface area contributed by atoms with Crippen LogP contribution in [0.5, 0.6) is 11.5 Å². The van der Waals surface area contributed by atoms with Crippen LogP contribution in [-0.2, 0) is 11.2 Å². The molecule has 0 aliphatic carbocycles. The Morgan fingerprint density at radius 3 is 2.33 bits per heavy atom. The molecule has 2 amide bonds. The van der Waals surface area contributed by atoms with E-state index in [2.05, 4.69) is 50.4 Å². The molecule has 214 valence electrons. The molecule has 0 spiro atoms. The van der Waals surface area contributed by atoms with Gasteiger partial charge in [-0.2, -0.15) is 0 Å². The van der Waals surface area contributed by atoms with E-state index >= 15 is 0 Å². The minimum Gasteiger partial charge on any atom is -0.493 e. The molecular weight excluding hydrogens is 504 g/mol. The van der Waals surface area contributed by atoms with Crippen molar-refractivity contribution in [2.24, 2.45) is 5.92 Å². The molecule has 0 aromatic heterocycles. The Labute approximate surface area is 237 Å². The molecule has 0 saturated heterocycles. The van der Waals surface area contributed by atoms with Crippen molar-refractivity contribution in [1.82, 2.24) is 5.48 Å². The van der Waals surface area contributed by atoms with Crippen molar-refractivity contribution in [3.8, 4) is 11.5 Å². The summed E-state index contributed by atoms with van der Waals surface area (Å²) in [6.07, 6.45) is 3.45. The van der Waals surface area contributed by atoms with Crippen LogP contribution in [0.2, 0.25) is 0 Å². The third-order valence-corrected chi connectivity index (χ3v) is 6.86. The molecule has 0 aliphatic heterocycles. The van der Waals surface area contributed by atoms with Crippen molar-refractivity contribution < 1.29 is 24.3 Å². The third kappa shape index (κ3) is 8.58. The summed E-state index contributed by atoms with van der Waals surface area (Å²) in [7, 11) is 0. The summed E-state index contributed by atoms with van der Waals surface area (Å²) >= 11 is 0. The van der Waals surface area contributed by atoms with Crippen LogP contribution in [0.4, 0.5) is 5.69 Å². The average Bonchev–Trinajstić information content (AvgIpc) is 2.94. The summed E-state index contributed by atoms with van der Waals surface area (Å²) in [5.41, 5.74) is 7.11. The highest BCUT2D eigenvalue weighted by molar-refractivity contribution is 6.06. The van der Waals surface area contributed by atoms with Crippen molar-refractivity contribution in [2.45, 2.75) is 72.8 Å². The highest BCUT2D eigenvalue weighted by Crippen LogP contribution is 2.33. The molecular formula is C33H42N2O5. The Morgan fingerprint density at radius 2 is 1.65 bits per heavy atom. The second-order valence-corrected chi connectivity index (χ2v) is 10.5. The maximum Gasteiger partial charge on any atom is 0.259 e. The van der Waals surface area contributed by atoms with Crippen LogP contribution in [0.3, 0.4) is 0 Å². The number of hydrogen-bond acceptors (Lipinski definition) is 5. The standard InChI is InChI=1S/C33H42N2O5/c1-6-10-30(26-16-14-25(15-17-26)21-22(2)3)40-29-19-18-28(23(4)24(29)5)34-33(37)27-11-7-8-12-31(27)39-20-9-13-32(36)35-38/h7-8,11-12,14-19,22,30,38H,6,9-10,13,20-21H2,1-5H3,(H,34,37)(H,35,36). The summed E-state index contributed by atoms with van der Waals surface area (Å²) in [6, 6.07) is 19.5. The number of carbonyl (C=O) groups excluding carboxylic acids is 2. The molecule has 0 aliphatic rings. The maximum absolute atomic E-state index is 13.2. The van der Waals surface area contributed by atoms with Gasteiger partial charge in [-0.25, -0.2) is 5.48 Å². The zero-order chi connectivity index (χ0) is 29.1. The first kappa shape index (κ1) is 30.7. The Morgan fingerprint density at radius 1 is 0.925 bits per heavy atom. The molecule has 1 atom stereocenters. The molecule has 40 heavy (non-hydrogen) atoms. The molecule has 3 aromatic carbocycles. The number of para-hydroxylation sites is 1. The number of rotatable bonds is 14. The van der Waals surface area contributed by atoms with Crippen molar-refractivity contribution in [3.05, 3.63) is 88.5 Å². The maximum atomic E-state index is 13.2. The van der Waals surface area contributed by atoms with Crippen molar-refractivity contribution >= 4 is 17.5 Å². The summed E-state index contributed by atoms with van der Waals surface area (Å²) < 4.78 is 12.3. The number of benzene rings is 3. The van der Waals surface area contributed by atoms with Gasteiger partial charge in [0.1, 0.15) is 17.6 Å². The van der Waals surface area contributed by atoms with Gasteiger partial charge in [-0.1, -0.05) is 63.6 Å². The summed E-state index contributed by atoms with van der Waals surface area (Å²) in [5.74, 6) is 1.08. The predicted molar refractivity (Wildman–Crippen MR) is 158 cm³/mol. The number of hydrogen-bond donors (Lipinski definition) is 3. The van der Waals surface area contributed by atoms with E-state index in [9.17, 15) is 9.59 Å². The van der Waals surface area contributed by atoms with E-state index in [0.29, 0.717) is 29.3 Å². The molecule has 3 rings (SSSR count). The van der Waals surface area contributed by atoms with Crippen molar-refractivity contribution in [2.75, 3.05) is 11.9 Å². The normalized spacial score (nSPS) is 11.7. The van der Waals surface area contributed by atoms with Gasteiger partial charge in [0.15, 0.2) is 0 Å². The number of hydroxylamine groups is 1. The highest BCUT2D eigenvalue weighted by atomic mass is 16.5. The Balaban J connectivity index is 1.71. The molecule has 3 aromatic rings. The highest BCUT2D eigenvalue weighted by Gasteiger charge is 2.18. The van der Waals surface area contributed by atoms with Gasteiger partial charge >= 0.3 is 0 Å². The predicted octanol–water partition coefficient (Wildman–Crippen LogP) is 7.34. The average molecular weight is 547 g/mol. The molecule has 7 heteroatoms. The van der Waals surface area contributed by atoms with E-state index < -0.39 is 5.91 Å². The van der Waals surface area contributed by atoms with Gasteiger partial charge in [-0.15, -0.1) is 0 Å². The Bertz CT molecular complexity index is 1270. The smallest absolute Gasteiger partial charge is 0.259 e. The third-order valence-electron chi connectivity index (χ3n) is 6.86. The van der Waals surface area contributed by atoms with E-state index in [1.165, 1.54) is 5.56 Å². The second-order valence-electron chi connectivity index (χ2n) is 10.5. The summed E-state index contributed by atoms with van der Waals surface area (Å²) in [5, 5.41) is 11.6. The molecule has 3 N–H and O–H groups in total. The lowest BCUT2D eigenvalue weighted by Gasteiger charge is -2.22. The fourth-order valence-electron chi connectivity index (χ4n) is 4.55. The van der Waals surface area contributed by atoms with Crippen LogP contribution in [0.15, 0.2) is 60.7 Å². The lowest BCUT2D eigenvalue weighted by molar-refractivity contribution is -0.129. The molecule has 1 unspecified atom stereocenters. The van der Waals surface area contributed by atoms with Crippen LogP contribution < -0.4 is 20.3 Å². The van der Waals surface area contributed by atoms with E-state index in [1.54, 1.807) is 29.7 Å². The lowest BCUT2D eigenvalue weighted by Crippen LogP contribution is -2.19. The minimum atomic E-state index is -0.478. The quantitative estimate of drug-likeness (QED) is 0.112. The zero-order valence-electron chi connectivity index (χ0n) is 24.3. The molecule has 0 radical (unpaired) electrons. The van der Waals surface area contributed by atoms with Crippen molar-refractivity contribution in [3.63, 3.8) is 0 Å². The fourth-order valence-corrected chi connectivity index (χ4v) is 4.55. The van der Waals surface area contributed by atoms with Gasteiger partial charge in [0.25, 0.3) is 5.91 Å². The summed E-state index contributed by atoms with van der Waals surface area (Å²) in [6.45, 7) is 10.8. The minimum absolute atomic E-state index is 0.0517. The Kier molecular flexibility index (Phi) is 11.6. The second kappa shape index (κ2) is 15.1. The molecule has 0 heterocycles. The molecule has 7 nitrogen and oxygen atoms in total. The van der Waals surface area contributed by atoms with Gasteiger partial charge in [0, 0.05) is 12.1 Å². The van der Waals surface area contributed by atoms with Crippen LogP contribution in [0.1, 0.15) is 85.2 Å². The SMILES string of the molecule is CCCC(Oc1ccc(NC(=O)c2ccccc2OCCCC(=O)NO)c(C)c1C)c1ccc(CC(C)C)cc1.